The van der Waals surface area contributed by atoms with Gasteiger partial charge in [-0.15, -0.1) is 0 Å². The summed E-state index contributed by atoms with van der Waals surface area (Å²) in [4.78, 5) is 20.4. The van der Waals surface area contributed by atoms with Crippen LogP contribution < -0.4 is 10.6 Å². The van der Waals surface area contributed by atoms with Crippen molar-refractivity contribution in [1.82, 2.24) is 9.97 Å². The Balaban J connectivity index is 2.15. The maximum atomic E-state index is 12.1. The number of halogens is 1. The van der Waals surface area contributed by atoms with Crippen LogP contribution in [0.25, 0.3) is 0 Å². The van der Waals surface area contributed by atoms with Crippen LogP contribution in [0, 0.1) is 6.92 Å². The first kappa shape index (κ1) is 14.5. The van der Waals surface area contributed by atoms with E-state index in [-0.39, 0.29) is 5.91 Å². The maximum Gasteiger partial charge on any atom is 0.257 e. The molecule has 0 radical (unpaired) electrons. The summed E-state index contributed by atoms with van der Waals surface area (Å²) in [6.45, 7) is 4.67. The first-order valence-electron chi connectivity index (χ1n) is 6.23. The molecular formula is C14H15BrN4O. The monoisotopic (exact) mass is 334 g/mol. The fourth-order valence-electron chi connectivity index (χ4n) is 1.65. The van der Waals surface area contributed by atoms with E-state index in [9.17, 15) is 4.79 Å². The van der Waals surface area contributed by atoms with Crippen molar-refractivity contribution in [2.24, 2.45) is 0 Å². The van der Waals surface area contributed by atoms with Crippen LogP contribution in [0.15, 0.2) is 35.1 Å². The highest BCUT2D eigenvalue weighted by Gasteiger charge is 2.08. The first-order chi connectivity index (χ1) is 9.60. The SMILES string of the molecule is CCNc1cc(C(=O)Nc2cc(C)c(Br)cn2)ccn1. The van der Waals surface area contributed by atoms with E-state index in [1.807, 2.05) is 19.9 Å². The van der Waals surface area contributed by atoms with Crippen LogP contribution in [0.1, 0.15) is 22.8 Å². The highest BCUT2D eigenvalue weighted by Crippen LogP contribution is 2.18. The topological polar surface area (TPSA) is 66.9 Å². The quantitative estimate of drug-likeness (QED) is 0.900. The second-order valence-electron chi connectivity index (χ2n) is 4.23. The minimum absolute atomic E-state index is 0.208. The van der Waals surface area contributed by atoms with Gasteiger partial charge < -0.3 is 10.6 Å². The van der Waals surface area contributed by atoms with Crippen molar-refractivity contribution in [3.05, 3.63) is 46.2 Å². The number of amides is 1. The van der Waals surface area contributed by atoms with Gasteiger partial charge in [-0.2, -0.15) is 0 Å². The van der Waals surface area contributed by atoms with Crippen molar-refractivity contribution in [2.75, 3.05) is 17.2 Å². The summed E-state index contributed by atoms with van der Waals surface area (Å²) in [7, 11) is 0. The van der Waals surface area contributed by atoms with Gasteiger partial charge in [-0.05, 0) is 53.5 Å². The Morgan fingerprint density at radius 3 is 2.80 bits per heavy atom. The van der Waals surface area contributed by atoms with Gasteiger partial charge in [-0.1, -0.05) is 0 Å². The molecule has 104 valence electrons. The van der Waals surface area contributed by atoms with Crippen LogP contribution in [0.3, 0.4) is 0 Å². The number of nitrogens with one attached hydrogen (secondary N) is 2. The largest absolute Gasteiger partial charge is 0.370 e. The van der Waals surface area contributed by atoms with Crippen LogP contribution in [-0.4, -0.2) is 22.4 Å². The van der Waals surface area contributed by atoms with E-state index < -0.39 is 0 Å². The lowest BCUT2D eigenvalue weighted by molar-refractivity contribution is 0.102. The van der Waals surface area contributed by atoms with Gasteiger partial charge in [0.05, 0.1) is 0 Å². The van der Waals surface area contributed by atoms with E-state index in [2.05, 4.69) is 36.5 Å². The average molecular weight is 335 g/mol. The van der Waals surface area contributed by atoms with Gasteiger partial charge in [-0.25, -0.2) is 9.97 Å². The molecule has 0 fully saturated rings. The summed E-state index contributed by atoms with van der Waals surface area (Å²) < 4.78 is 0.911. The molecule has 1 amide bonds. The molecule has 6 heteroatoms. The number of carbonyl (C=O) groups excluding carboxylic acids is 1. The summed E-state index contributed by atoms with van der Waals surface area (Å²) in [6.07, 6.45) is 3.27. The molecular weight excluding hydrogens is 320 g/mol. The Labute approximate surface area is 126 Å². The Bertz CT molecular complexity index is 630. The molecule has 0 unspecified atom stereocenters. The molecule has 0 aliphatic heterocycles. The van der Waals surface area contributed by atoms with Crippen LogP contribution >= 0.6 is 15.9 Å². The molecule has 0 aliphatic rings. The van der Waals surface area contributed by atoms with Gasteiger partial charge in [-0.3, -0.25) is 4.79 Å². The molecule has 2 aromatic rings. The third kappa shape index (κ3) is 3.54. The van der Waals surface area contributed by atoms with Crippen LogP contribution in [0.5, 0.6) is 0 Å². The predicted octanol–water partition coefficient (Wildman–Crippen LogP) is 3.23. The summed E-state index contributed by atoms with van der Waals surface area (Å²) in [5.41, 5.74) is 1.55. The number of hydrogen-bond donors (Lipinski definition) is 2. The van der Waals surface area contributed by atoms with E-state index >= 15 is 0 Å². The highest BCUT2D eigenvalue weighted by molar-refractivity contribution is 9.10. The zero-order valence-corrected chi connectivity index (χ0v) is 12.9. The van der Waals surface area contributed by atoms with Gasteiger partial charge in [0.25, 0.3) is 5.91 Å². The van der Waals surface area contributed by atoms with Crippen LogP contribution in [-0.2, 0) is 0 Å². The molecule has 2 rings (SSSR count). The summed E-state index contributed by atoms with van der Waals surface area (Å²) in [5.74, 6) is 0.999. The number of aryl methyl sites for hydroxylation is 1. The number of rotatable bonds is 4. The first-order valence-corrected chi connectivity index (χ1v) is 7.03. The lowest BCUT2D eigenvalue weighted by atomic mass is 10.2. The highest BCUT2D eigenvalue weighted by atomic mass is 79.9. The maximum absolute atomic E-state index is 12.1. The summed E-state index contributed by atoms with van der Waals surface area (Å²) in [6, 6.07) is 5.20. The molecule has 2 N–H and O–H groups in total. The lowest BCUT2D eigenvalue weighted by Gasteiger charge is -2.07. The normalized spacial score (nSPS) is 10.2. The summed E-state index contributed by atoms with van der Waals surface area (Å²) in [5, 5.41) is 5.84. The van der Waals surface area contributed by atoms with Crippen LogP contribution in [0.2, 0.25) is 0 Å². The Morgan fingerprint density at radius 1 is 1.30 bits per heavy atom. The fourth-order valence-corrected chi connectivity index (χ4v) is 1.86. The number of pyridine rings is 2. The van der Waals surface area contributed by atoms with E-state index in [0.717, 1.165) is 16.6 Å². The van der Waals surface area contributed by atoms with Gasteiger partial charge in [0.2, 0.25) is 0 Å². The molecule has 0 aliphatic carbocycles. The third-order valence-electron chi connectivity index (χ3n) is 2.67. The van der Waals surface area contributed by atoms with Gasteiger partial charge in [0.15, 0.2) is 0 Å². The van der Waals surface area contributed by atoms with E-state index in [0.29, 0.717) is 17.2 Å². The zero-order valence-electron chi connectivity index (χ0n) is 11.3. The lowest BCUT2D eigenvalue weighted by Crippen LogP contribution is -2.14. The van der Waals surface area contributed by atoms with E-state index in [1.165, 1.54) is 0 Å². The van der Waals surface area contributed by atoms with E-state index in [4.69, 9.17) is 0 Å². The zero-order chi connectivity index (χ0) is 14.5. The van der Waals surface area contributed by atoms with Crippen molar-refractivity contribution in [3.8, 4) is 0 Å². The van der Waals surface area contributed by atoms with Crippen molar-refractivity contribution in [2.45, 2.75) is 13.8 Å². The second-order valence-corrected chi connectivity index (χ2v) is 5.09. The van der Waals surface area contributed by atoms with E-state index in [1.54, 1.807) is 24.5 Å². The van der Waals surface area contributed by atoms with Crippen molar-refractivity contribution >= 4 is 33.5 Å². The predicted molar refractivity (Wildman–Crippen MR) is 83.0 cm³/mol. The van der Waals surface area contributed by atoms with Crippen molar-refractivity contribution in [1.29, 1.82) is 0 Å². The minimum Gasteiger partial charge on any atom is -0.370 e. The number of hydrogen-bond acceptors (Lipinski definition) is 4. The molecule has 0 spiro atoms. The van der Waals surface area contributed by atoms with Crippen molar-refractivity contribution < 1.29 is 4.79 Å². The third-order valence-corrected chi connectivity index (χ3v) is 3.50. The standard InChI is InChI=1S/C14H15BrN4O/c1-3-16-12-7-10(4-5-17-12)14(20)19-13-6-9(2)11(15)8-18-13/h4-8H,3H2,1-2H3,(H,16,17)(H,18,19,20). The molecule has 0 atom stereocenters. The Hall–Kier alpha value is -1.95. The van der Waals surface area contributed by atoms with Gasteiger partial charge >= 0.3 is 0 Å². The molecule has 0 bridgehead atoms. The minimum atomic E-state index is -0.208. The van der Waals surface area contributed by atoms with Gasteiger partial charge in [0.1, 0.15) is 11.6 Å². The smallest absolute Gasteiger partial charge is 0.257 e. The number of nitrogens with zero attached hydrogens (tertiary/aromatic N) is 2. The Kier molecular flexibility index (Phi) is 4.68. The molecule has 0 saturated heterocycles. The average Bonchev–Trinajstić information content (AvgIpc) is 2.43. The van der Waals surface area contributed by atoms with Gasteiger partial charge in [0, 0.05) is 29.0 Å². The molecule has 2 heterocycles. The fraction of sp³-hybridized carbons (Fsp3) is 0.214. The van der Waals surface area contributed by atoms with Crippen LogP contribution in [0.4, 0.5) is 11.6 Å². The second kappa shape index (κ2) is 6.47. The number of aromatic nitrogens is 2. The summed E-state index contributed by atoms with van der Waals surface area (Å²) >= 11 is 3.38. The molecule has 0 aromatic carbocycles. The number of anilines is 2. The molecule has 5 nitrogen and oxygen atoms in total. The molecule has 20 heavy (non-hydrogen) atoms. The number of carbonyl (C=O) groups is 1. The molecule has 2 aromatic heterocycles. The molecule has 0 saturated carbocycles. The van der Waals surface area contributed by atoms with Crippen molar-refractivity contribution in [3.63, 3.8) is 0 Å². The Morgan fingerprint density at radius 2 is 2.10 bits per heavy atom.